The van der Waals surface area contributed by atoms with Gasteiger partial charge in [0.1, 0.15) is 0 Å². The molecule has 0 unspecified atom stereocenters. The van der Waals surface area contributed by atoms with Crippen LogP contribution in [0.1, 0.15) is 0 Å². The van der Waals surface area contributed by atoms with Crippen molar-refractivity contribution in [2.24, 2.45) is 0 Å². The third-order valence-electron chi connectivity index (χ3n) is 0. The Labute approximate surface area is 106 Å². The monoisotopic (exact) mass is 502 g/mol. The molecule has 0 saturated carbocycles. The summed E-state index contributed by atoms with van der Waals surface area (Å²) in [5.41, 5.74) is 0. The van der Waals surface area contributed by atoms with E-state index in [1.165, 1.54) is 0 Å². The quantitative estimate of drug-likeness (QED) is 0.286. The van der Waals surface area contributed by atoms with Crippen molar-refractivity contribution in [3.05, 3.63) is 0 Å². The van der Waals surface area contributed by atoms with Crippen LogP contribution >= 0.6 is 0 Å². The van der Waals surface area contributed by atoms with Crippen LogP contribution in [-0.2, 0) is 0 Å². The Balaban J connectivity index is -0.0000000450. The van der Waals surface area contributed by atoms with Gasteiger partial charge >= 0.3 is 24.4 Å². The average molecular weight is 505 g/mol. The molecule has 0 fully saturated rings. The van der Waals surface area contributed by atoms with Gasteiger partial charge in [-0.25, -0.2) is 0 Å². The maximum Gasteiger partial charge on any atom is 3.00 e. The minimum absolute atomic E-state index is 0. The van der Waals surface area contributed by atoms with Crippen molar-refractivity contribution in [1.82, 2.24) is 0 Å². The average Bonchev–Trinajstić information content (AvgIpc) is 1.54. The summed E-state index contributed by atoms with van der Waals surface area (Å²) in [6.45, 7) is 0. The largest absolute Gasteiger partial charge is 3.00 e. The summed E-state index contributed by atoms with van der Waals surface area (Å²) in [7, 11) is 0. The van der Waals surface area contributed by atoms with Gasteiger partial charge in [0.25, 0.3) is 0 Å². The van der Waals surface area contributed by atoms with E-state index in [-0.39, 0.29) is 24.4 Å². The van der Waals surface area contributed by atoms with Crippen molar-refractivity contribution >= 4 is 24.4 Å². The minimum Gasteiger partial charge on any atom is -0.405 e. The van der Waals surface area contributed by atoms with Crippen molar-refractivity contribution in [3.63, 3.8) is 0 Å². The first-order valence-corrected chi connectivity index (χ1v) is 7.22. The van der Waals surface area contributed by atoms with Crippen LogP contribution in [0.5, 0.6) is 0 Å². The molecule has 0 spiro atoms. The predicted octanol–water partition coefficient (Wildman–Crippen LogP) is -11.1. The van der Waals surface area contributed by atoms with Gasteiger partial charge in [0.05, 0.1) is 0 Å². The molecule has 0 aliphatic heterocycles. The van der Waals surface area contributed by atoms with Gasteiger partial charge < -0.3 is 37.8 Å². The van der Waals surface area contributed by atoms with E-state index in [1.807, 2.05) is 0 Å². The van der Waals surface area contributed by atoms with Crippen LogP contribution in [-0.4, -0.2) is 24.4 Å². The van der Waals surface area contributed by atoms with Crippen molar-refractivity contribution in [3.8, 4) is 0 Å². The molecule has 0 N–H and O–H groups in total. The Bertz CT molecular complexity index is 43.4. The summed E-state index contributed by atoms with van der Waals surface area (Å²) in [5, 5.41) is 0. The molecule has 0 aromatic rings. The van der Waals surface area contributed by atoms with Crippen LogP contribution in [0.3, 0.4) is 0 Å². The zero-order valence-electron chi connectivity index (χ0n) is 5.26. The van der Waals surface area contributed by atoms with Gasteiger partial charge in [0, 0.05) is 0 Å². The van der Waals surface area contributed by atoms with Gasteiger partial charge in [0.2, 0.25) is 44.4 Å². The molecule has 9 nitrogen and oxygen atoms in total. The van der Waals surface area contributed by atoms with Gasteiger partial charge in [0.15, 0.2) is 0 Å². The van der Waals surface area contributed by atoms with Crippen LogP contribution in [0.4, 0.5) is 0 Å². The summed E-state index contributed by atoms with van der Waals surface area (Å²) in [6, 6.07) is 0. The topological polar surface area (TPSA) is 208 Å². The maximum absolute atomic E-state index is 8.52. The summed E-state index contributed by atoms with van der Waals surface area (Å²) in [4.78, 5) is 0. The number of halogens is 3. The third kappa shape index (κ3) is 546. The molecule has 0 heterocycles. The molecule has 0 bridgehead atoms. The van der Waals surface area contributed by atoms with Crippen LogP contribution < -0.4 is 37.8 Å². The van der Waals surface area contributed by atoms with E-state index in [0.717, 1.165) is 0 Å². The van der Waals surface area contributed by atoms with Crippen LogP contribution in [0.25, 0.3) is 0 Å². The molecule has 0 atom stereocenters. The predicted molar refractivity (Wildman–Crippen MR) is 5.75 cm³/mol. The molecule has 80 valence electrons. The zero-order chi connectivity index (χ0) is 10.7. The molecular weight excluding hydrogens is 505 g/mol. The van der Waals surface area contributed by atoms with Gasteiger partial charge in [-0.15, -0.1) is 0 Å². The fourth-order valence-corrected chi connectivity index (χ4v) is 0. The molecule has 13 heteroatoms. The molecule has 0 aromatic heterocycles. The number of hydrogen-bond donors (Lipinski definition) is 0. The first-order chi connectivity index (χ1) is 5.20. The van der Waals surface area contributed by atoms with E-state index in [9.17, 15) is 0 Å². The summed E-state index contributed by atoms with van der Waals surface area (Å²) >= 11 is -10.9. The number of rotatable bonds is 0. The molecule has 0 aliphatic carbocycles. The van der Waals surface area contributed by atoms with Crippen LogP contribution in [0.2, 0.25) is 0 Å². The van der Waals surface area contributed by atoms with E-state index >= 15 is 0 Å². The molecule has 0 saturated heterocycles. The first-order valence-electron chi connectivity index (χ1n) is 1.39. The van der Waals surface area contributed by atoms with E-state index in [0.29, 0.717) is 0 Å². The Kier molecular flexibility index (Phi) is 36.3. The Morgan fingerprint density at radius 2 is 0.385 bits per heavy atom. The van der Waals surface area contributed by atoms with Gasteiger partial charge in [-0.1, -0.05) is 0 Å². The number of hydrogen-bond acceptors (Lipinski definition) is 9. The Hall–Kier alpha value is 1.90. The second kappa shape index (κ2) is 19.5. The van der Waals surface area contributed by atoms with E-state index in [4.69, 9.17) is 37.8 Å². The zero-order valence-corrected chi connectivity index (χ0v) is 12.6. The smallest absolute Gasteiger partial charge is 0.405 e. The summed E-state index contributed by atoms with van der Waals surface area (Å²) in [6.07, 6.45) is 0. The maximum atomic E-state index is 8.52. The molecule has 13 heavy (non-hydrogen) atoms. The normalized spacial score (nSPS) is 8.31. The first kappa shape index (κ1) is 24.2. The fraction of sp³-hybridized carbons (Fsp3) is 0. The molecule has 2 radical (unpaired) electrons. The SMILES string of the molecule is [O-][Br+2]([O-])[O-].[O-][Br+2]([O-])[O-].[O-][Br+2]([O-])[O-].[Sb+3]. The minimum atomic E-state index is -3.65. The summed E-state index contributed by atoms with van der Waals surface area (Å²) in [5.74, 6) is 0. The molecule has 0 aliphatic rings. The van der Waals surface area contributed by atoms with E-state index in [1.54, 1.807) is 0 Å². The van der Waals surface area contributed by atoms with Crippen molar-refractivity contribution < 1.29 is 82.2 Å². The fourth-order valence-electron chi connectivity index (χ4n) is 0. The Morgan fingerprint density at radius 3 is 0.385 bits per heavy atom. The standard InChI is InChI=1S/3BrO3.Sb/c3*2-1(3)4;/q3*-1;+3. The van der Waals surface area contributed by atoms with E-state index < -0.39 is 44.4 Å². The van der Waals surface area contributed by atoms with E-state index in [2.05, 4.69) is 0 Å². The molecular formula is Br3O9Sb. The second-order valence-electron chi connectivity index (χ2n) is 0.567. The Morgan fingerprint density at radius 1 is 0.385 bits per heavy atom. The third-order valence-corrected chi connectivity index (χ3v) is 0. The second-order valence-corrected chi connectivity index (χ2v) is 2.95. The van der Waals surface area contributed by atoms with Crippen molar-refractivity contribution in [2.75, 3.05) is 0 Å². The molecule has 0 rings (SSSR count). The summed E-state index contributed by atoms with van der Waals surface area (Å²) < 4.78 is 76.7. The van der Waals surface area contributed by atoms with Crippen LogP contribution in [0, 0.1) is 44.4 Å². The van der Waals surface area contributed by atoms with Crippen molar-refractivity contribution in [2.45, 2.75) is 0 Å². The molecule has 0 amide bonds. The van der Waals surface area contributed by atoms with Gasteiger partial charge in [-0.2, -0.15) is 0 Å². The van der Waals surface area contributed by atoms with Crippen molar-refractivity contribution in [1.29, 1.82) is 0 Å². The van der Waals surface area contributed by atoms with Gasteiger partial charge in [-0.3, -0.25) is 0 Å². The van der Waals surface area contributed by atoms with Gasteiger partial charge in [-0.05, 0) is 0 Å². The van der Waals surface area contributed by atoms with Crippen LogP contribution in [0.15, 0.2) is 0 Å². The molecule has 0 aromatic carbocycles.